The van der Waals surface area contributed by atoms with Crippen LogP contribution in [0, 0.1) is 0 Å². The van der Waals surface area contributed by atoms with E-state index in [2.05, 4.69) is 20.2 Å². The molecule has 0 spiro atoms. The predicted octanol–water partition coefficient (Wildman–Crippen LogP) is 3.33. The summed E-state index contributed by atoms with van der Waals surface area (Å²) in [6, 6.07) is 19.0. The maximum atomic E-state index is 12.6. The first-order valence-corrected chi connectivity index (χ1v) is 12.5. The Morgan fingerprint density at radius 2 is 1.92 bits per heavy atom. The van der Waals surface area contributed by atoms with Crippen LogP contribution in [0.2, 0.25) is 0 Å². The van der Waals surface area contributed by atoms with Gasteiger partial charge in [0.15, 0.2) is 0 Å². The first-order chi connectivity index (χ1) is 18.2. The van der Waals surface area contributed by atoms with Crippen LogP contribution in [0.3, 0.4) is 0 Å². The van der Waals surface area contributed by atoms with Gasteiger partial charge in [0.1, 0.15) is 24.8 Å². The number of imidazole rings is 1. The zero-order valence-corrected chi connectivity index (χ0v) is 20.9. The van der Waals surface area contributed by atoms with Gasteiger partial charge in [-0.2, -0.15) is 0 Å². The van der Waals surface area contributed by atoms with Crippen molar-refractivity contribution in [1.82, 2.24) is 24.8 Å². The van der Waals surface area contributed by atoms with Crippen LogP contribution in [0.5, 0.6) is 11.6 Å². The van der Waals surface area contributed by atoms with Crippen LogP contribution in [0.1, 0.15) is 17.3 Å². The molecule has 0 saturated carbocycles. The van der Waals surface area contributed by atoms with E-state index in [1.807, 2.05) is 72.2 Å². The summed E-state index contributed by atoms with van der Waals surface area (Å²) in [6.07, 6.45) is 3.33. The number of hydrogen-bond donors (Lipinski definition) is 1. The van der Waals surface area contributed by atoms with Crippen LogP contribution in [-0.4, -0.2) is 77.4 Å². The number of rotatable bonds is 10. The summed E-state index contributed by atoms with van der Waals surface area (Å²) in [5.74, 6) is 1.24. The minimum atomic E-state index is -0.141. The summed E-state index contributed by atoms with van der Waals surface area (Å²) in [4.78, 5) is 23.6. The normalized spacial score (nSPS) is 14.8. The van der Waals surface area contributed by atoms with Crippen molar-refractivity contribution >= 4 is 16.9 Å². The van der Waals surface area contributed by atoms with Gasteiger partial charge in [0.2, 0.25) is 5.88 Å². The highest BCUT2D eigenvalue weighted by Crippen LogP contribution is 2.22. The Morgan fingerprint density at radius 1 is 1.08 bits per heavy atom. The SMILES string of the molecule is CC(COc1ccc(-n2cnc3cc(C(=O)NCCN4CCOCC4)ccc32)cc1)Oc1ccccn1. The third kappa shape index (κ3) is 6.44. The number of pyridine rings is 1. The molecule has 4 aromatic rings. The minimum absolute atomic E-state index is 0.0903. The molecule has 192 valence electrons. The Balaban J connectivity index is 1.16. The molecule has 1 atom stereocenters. The molecule has 5 rings (SSSR count). The fraction of sp³-hybridized carbons (Fsp3) is 0.321. The summed E-state index contributed by atoms with van der Waals surface area (Å²) >= 11 is 0. The van der Waals surface area contributed by atoms with Crippen LogP contribution < -0.4 is 14.8 Å². The van der Waals surface area contributed by atoms with Crippen LogP contribution >= 0.6 is 0 Å². The molecule has 9 heteroatoms. The third-order valence-corrected chi connectivity index (χ3v) is 6.19. The Labute approximate surface area is 216 Å². The van der Waals surface area contributed by atoms with Crippen molar-refractivity contribution in [3.63, 3.8) is 0 Å². The van der Waals surface area contributed by atoms with Gasteiger partial charge in [0.25, 0.3) is 5.91 Å². The van der Waals surface area contributed by atoms with Crippen molar-refractivity contribution in [3.05, 3.63) is 78.8 Å². The molecule has 0 radical (unpaired) electrons. The number of carbonyl (C=O) groups excluding carboxylic acids is 1. The molecule has 2 aromatic heterocycles. The first kappa shape index (κ1) is 24.7. The fourth-order valence-electron chi connectivity index (χ4n) is 4.19. The van der Waals surface area contributed by atoms with E-state index < -0.39 is 0 Å². The average molecular weight is 502 g/mol. The number of amides is 1. The second kappa shape index (κ2) is 11.9. The van der Waals surface area contributed by atoms with Crippen molar-refractivity contribution in [2.45, 2.75) is 13.0 Å². The second-order valence-electron chi connectivity index (χ2n) is 8.93. The number of nitrogens with zero attached hydrogens (tertiary/aromatic N) is 4. The molecule has 3 heterocycles. The highest BCUT2D eigenvalue weighted by molar-refractivity contribution is 5.97. The number of hydrogen-bond acceptors (Lipinski definition) is 7. The molecular formula is C28H31N5O4. The lowest BCUT2D eigenvalue weighted by Gasteiger charge is -2.26. The third-order valence-electron chi connectivity index (χ3n) is 6.19. The van der Waals surface area contributed by atoms with E-state index in [0.717, 1.165) is 55.3 Å². The van der Waals surface area contributed by atoms with E-state index in [1.165, 1.54) is 0 Å². The molecule has 1 saturated heterocycles. The van der Waals surface area contributed by atoms with E-state index >= 15 is 0 Å². The predicted molar refractivity (Wildman–Crippen MR) is 140 cm³/mol. The fourth-order valence-corrected chi connectivity index (χ4v) is 4.19. The minimum Gasteiger partial charge on any atom is -0.490 e. The topological polar surface area (TPSA) is 90.7 Å². The molecule has 2 aromatic carbocycles. The lowest BCUT2D eigenvalue weighted by atomic mass is 10.2. The number of fused-ring (bicyclic) bond motifs is 1. The summed E-state index contributed by atoms with van der Waals surface area (Å²) in [7, 11) is 0. The van der Waals surface area contributed by atoms with E-state index in [1.54, 1.807) is 12.5 Å². The number of carbonyl (C=O) groups is 1. The molecule has 1 amide bonds. The molecule has 9 nitrogen and oxygen atoms in total. The number of nitrogens with one attached hydrogen (secondary N) is 1. The van der Waals surface area contributed by atoms with Gasteiger partial charge in [-0.25, -0.2) is 9.97 Å². The Bertz CT molecular complexity index is 1300. The average Bonchev–Trinajstić information content (AvgIpc) is 3.37. The standard InChI is InChI=1S/C28H31N5O4/c1-21(37-27-4-2-3-11-29-27)19-36-24-8-6-23(7-9-24)33-20-31-25-18-22(5-10-26(25)33)28(34)30-12-13-32-14-16-35-17-15-32/h2-11,18,20-21H,12-17,19H2,1H3,(H,30,34). The summed E-state index contributed by atoms with van der Waals surface area (Å²) in [5.41, 5.74) is 3.25. The molecule has 1 unspecified atom stereocenters. The van der Waals surface area contributed by atoms with Crippen LogP contribution in [0.25, 0.3) is 16.7 Å². The van der Waals surface area contributed by atoms with Crippen LogP contribution in [0.4, 0.5) is 0 Å². The van der Waals surface area contributed by atoms with Gasteiger partial charge in [-0.3, -0.25) is 14.3 Å². The van der Waals surface area contributed by atoms with Crippen molar-refractivity contribution < 1.29 is 19.0 Å². The highest BCUT2D eigenvalue weighted by Gasteiger charge is 2.13. The number of benzene rings is 2. The quantitative estimate of drug-likeness (QED) is 0.356. The zero-order valence-electron chi connectivity index (χ0n) is 20.9. The number of morpholine rings is 1. The first-order valence-electron chi connectivity index (χ1n) is 12.5. The Hall–Kier alpha value is -3.95. The van der Waals surface area contributed by atoms with E-state index in [-0.39, 0.29) is 12.0 Å². The molecule has 0 aliphatic carbocycles. The molecule has 0 bridgehead atoms. The van der Waals surface area contributed by atoms with Crippen molar-refractivity contribution in [2.75, 3.05) is 46.0 Å². The van der Waals surface area contributed by atoms with E-state index in [4.69, 9.17) is 14.2 Å². The summed E-state index contributed by atoms with van der Waals surface area (Å²) in [5, 5.41) is 3.01. The summed E-state index contributed by atoms with van der Waals surface area (Å²) < 4.78 is 19.0. The molecular weight excluding hydrogens is 470 g/mol. The molecule has 1 fully saturated rings. The maximum Gasteiger partial charge on any atom is 0.251 e. The monoisotopic (exact) mass is 501 g/mol. The second-order valence-corrected chi connectivity index (χ2v) is 8.93. The number of aromatic nitrogens is 3. The van der Waals surface area contributed by atoms with Crippen molar-refractivity contribution in [2.24, 2.45) is 0 Å². The van der Waals surface area contributed by atoms with Gasteiger partial charge >= 0.3 is 0 Å². The van der Waals surface area contributed by atoms with Gasteiger partial charge in [-0.1, -0.05) is 6.07 Å². The van der Waals surface area contributed by atoms with Crippen molar-refractivity contribution in [3.8, 4) is 17.3 Å². The van der Waals surface area contributed by atoms with Gasteiger partial charge < -0.3 is 19.5 Å². The Morgan fingerprint density at radius 3 is 2.70 bits per heavy atom. The molecule has 37 heavy (non-hydrogen) atoms. The number of ether oxygens (including phenoxy) is 3. The van der Waals surface area contributed by atoms with Gasteiger partial charge in [0, 0.05) is 49.7 Å². The highest BCUT2D eigenvalue weighted by atomic mass is 16.5. The van der Waals surface area contributed by atoms with E-state index in [9.17, 15) is 4.79 Å². The zero-order chi connectivity index (χ0) is 25.5. The smallest absolute Gasteiger partial charge is 0.251 e. The van der Waals surface area contributed by atoms with Crippen LogP contribution in [0.15, 0.2) is 73.2 Å². The summed E-state index contributed by atoms with van der Waals surface area (Å²) in [6.45, 7) is 7.10. The maximum absolute atomic E-state index is 12.6. The lowest BCUT2D eigenvalue weighted by Crippen LogP contribution is -2.41. The largest absolute Gasteiger partial charge is 0.490 e. The van der Waals surface area contributed by atoms with Crippen molar-refractivity contribution in [1.29, 1.82) is 0 Å². The van der Waals surface area contributed by atoms with Crippen LogP contribution in [-0.2, 0) is 4.74 Å². The lowest BCUT2D eigenvalue weighted by molar-refractivity contribution is 0.0383. The van der Waals surface area contributed by atoms with E-state index in [0.29, 0.717) is 24.6 Å². The van der Waals surface area contributed by atoms with Gasteiger partial charge in [-0.15, -0.1) is 0 Å². The molecule has 1 N–H and O–H groups in total. The Kier molecular flexibility index (Phi) is 7.93. The molecule has 1 aliphatic heterocycles. The molecule has 1 aliphatic rings. The van der Waals surface area contributed by atoms with Gasteiger partial charge in [0.05, 0.1) is 24.2 Å². The van der Waals surface area contributed by atoms with Gasteiger partial charge in [-0.05, 0) is 55.5 Å².